The van der Waals surface area contributed by atoms with Gasteiger partial charge in [-0.1, -0.05) is 39.2 Å². The van der Waals surface area contributed by atoms with Gasteiger partial charge in [-0.15, -0.1) is 0 Å². The fourth-order valence-electron chi connectivity index (χ4n) is 3.04. The number of rotatable bonds is 5. The largest absolute Gasteiger partial charge is 0.382 e. The predicted octanol–water partition coefficient (Wildman–Crippen LogP) is 4.42. The topological polar surface area (TPSA) is 41.1 Å². The lowest BCUT2D eigenvalue weighted by molar-refractivity contribution is -0.115. The van der Waals surface area contributed by atoms with Crippen molar-refractivity contribution in [2.75, 3.05) is 10.6 Å². The van der Waals surface area contributed by atoms with Crippen LogP contribution in [-0.4, -0.2) is 11.9 Å². The summed E-state index contributed by atoms with van der Waals surface area (Å²) in [5, 5.41) is 6.58. The van der Waals surface area contributed by atoms with E-state index in [0.717, 1.165) is 17.3 Å². The van der Waals surface area contributed by atoms with Crippen LogP contribution in [0.3, 0.4) is 0 Å². The molecule has 0 spiro atoms. The molecular formula is C17H26N2O. The van der Waals surface area contributed by atoms with E-state index in [1.807, 2.05) is 25.1 Å². The van der Waals surface area contributed by atoms with Crippen molar-refractivity contribution >= 4 is 17.3 Å². The van der Waals surface area contributed by atoms with Gasteiger partial charge in [-0.05, 0) is 37.0 Å². The molecule has 1 amide bonds. The second-order valence-corrected chi connectivity index (χ2v) is 5.69. The van der Waals surface area contributed by atoms with Crippen LogP contribution in [0.4, 0.5) is 11.4 Å². The van der Waals surface area contributed by atoms with Crippen molar-refractivity contribution in [1.82, 2.24) is 0 Å². The summed E-state index contributed by atoms with van der Waals surface area (Å²) in [6.45, 7) is 4.15. The van der Waals surface area contributed by atoms with Gasteiger partial charge in [-0.2, -0.15) is 0 Å². The van der Waals surface area contributed by atoms with Crippen LogP contribution < -0.4 is 10.6 Å². The summed E-state index contributed by atoms with van der Waals surface area (Å²) in [6, 6.07) is 8.64. The molecule has 3 heteroatoms. The predicted molar refractivity (Wildman–Crippen MR) is 85.0 cm³/mol. The Kier molecular flexibility index (Phi) is 5.45. The Morgan fingerprint density at radius 3 is 2.70 bits per heavy atom. The van der Waals surface area contributed by atoms with Crippen LogP contribution in [0, 0.1) is 5.92 Å². The lowest BCUT2D eigenvalue weighted by Gasteiger charge is -2.32. The Labute approximate surface area is 122 Å². The van der Waals surface area contributed by atoms with Crippen molar-refractivity contribution < 1.29 is 4.79 Å². The standard InChI is InChI=1S/C17H26N2O/c1-3-13-8-5-6-11-16(13)18-14-9-7-10-15(12-14)19-17(20)4-2/h7,9-10,12-13,16,18H,3-6,8,11H2,1-2H3,(H,19,20). The number of hydrogen-bond acceptors (Lipinski definition) is 2. The molecule has 1 aromatic carbocycles. The SMILES string of the molecule is CCC(=O)Nc1cccc(NC2CCCCC2CC)c1. The van der Waals surface area contributed by atoms with E-state index >= 15 is 0 Å². The zero-order valence-electron chi connectivity index (χ0n) is 12.6. The highest BCUT2D eigenvalue weighted by Gasteiger charge is 2.23. The van der Waals surface area contributed by atoms with Gasteiger partial charge >= 0.3 is 0 Å². The van der Waals surface area contributed by atoms with Crippen molar-refractivity contribution in [1.29, 1.82) is 0 Å². The van der Waals surface area contributed by atoms with Crippen LogP contribution in [0.2, 0.25) is 0 Å². The summed E-state index contributed by atoms with van der Waals surface area (Å²) in [4.78, 5) is 11.4. The van der Waals surface area contributed by atoms with E-state index in [-0.39, 0.29) is 5.91 Å². The minimum absolute atomic E-state index is 0.0613. The summed E-state index contributed by atoms with van der Waals surface area (Å²) in [5.74, 6) is 0.837. The fraction of sp³-hybridized carbons (Fsp3) is 0.588. The van der Waals surface area contributed by atoms with Crippen LogP contribution in [-0.2, 0) is 4.79 Å². The van der Waals surface area contributed by atoms with Gasteiger partial charge < -0.3 is 10.6 Å². The minimum atomic E-state index is 0.0613. The monoisotopic (exact) mass is 274 g/mol. The average molecular weight is 274 g/mol. The van der Waals surface area contributed by atoms with Crippen molar-refractivity contribution in [2.45, 2.75) is 58.4 Å². The van der Waals surface area contributed by atoms with Gasteiger partial charge in [0.05, 0.1) is 0 Å². The van der Waals surface area contributed by atoms with E-state index in [9.17, 15) is 4.79 Å². The molecule has 0 aliphatic heterocycles. The van der Waals surface area contributed by atoms with Crippen molar-refractivity contribution in [3.8, 4) is 0 Å². The second-order valence-electron chi connectivity index (χ2n) is 5.69. The first-order valence-electron chi connectivity index (χ1n) is 7.89. The molecule has 1 aliphatic carbocycles. The molecule has 1 saturated carbocycles. The third kappa shape index (κ3) is 3.99. The van der Waals surface area contributed by atoms with E-state index in [1.54, 1.807) is 0 Å². The summed E-state index contributed by atoms with van der Waals surface area (Å²) < 4.78 is 0. The molecule has 1 fully saturated rings. The molecule has 3 nitrogen and oxygen atoms in total. The van der Waals surface area contributed by atoms with Crippen molar-refractivity contribution in [2.24, 2.45) is 5.92 Å². The van der Waals surface area contributed by atoms with Gasteiger partial charge in [0.15, 0.2) is 0 Å². The van der Waals surface area contributed by atoms with Gasteiger partial charge in [0.25, 0.3) is 0 Å². The van der Waals surface area contributed by atoms with Crippen LogP contribution in [0.1, 0.15) is 52.4 Å². The Morgan fingerprint density at radius 2 is 1.95 bits per heavy atom. The highest BCUT2D eigenvalue weighted by molar-refractivity contribution is 5.90. The van der Waals surface area contributed by atoms with Gasteiger partial charge in [-0.3, -0.25) is 4.79 Å². The van der Waals surface area contributed by atoms with Gasteiger partial charge in [0.2, 0.25) is 5.91 Å². The molecule has 20 heavy (non-hydrogen) atoms. The maximum Gasteiger partial charge on any atom is 0.224 e. The molecule has 2 rings (SSSR count). The van der Waals surface area contributed by atoms with E-state index in [1.165, 1.54) is 32.1 Å². The second kappa shape index (κ2) is 7.32. The van der Waals surface area contributed by atoms with E-state index in [2.05, 4.69) is 23.6 Å². The minimum Gasteiger partial charge on any atom is -0.382 e. The number of hydrogen-bond donors (Lipinski definition) is 2. The highest BCUT2D eigenvalue weighted by Crippen LogP contribution is 2.29. The van der Waals surface area contributed by atoms with E-state index < -0.39 is 0 Å². The quantitative estimate of drug-likeness (QED) is 0.834. The molecule has 1 aliphatic rings. The van der Waals surface area contributed by atoms with Gasteiger partial charge in [0.1, 0.15) is 0 Å². The maximum absolute atomic E-state index is 11.4. The van der Waals surface area contributed by atoms with Crippen LogP contribution in [0.25, 0.3) is 0 Å². The molecule has 0 heterocycles. The zero-order chi connectivity index (χ0) is 14.4. The fourth-order valence-corrected chi connectivity index (χ4v) is 3.04. The van der Waals surface area contributed by atoms with Crippen LogP contribution >= 0.6 is 0 Å². The molecule has 0 aromatic heterocycles. The number of carbonyl (C=O) groups excluding carboxylic acids is 1. The Hall–Kier alpha value is -1.51. The Morgan fingerprint density at radius 1 is 1.20 bits per heavy atom. The number of amides is 1. The molecule has 110 valence electrons. The Bertz CT molecular complexity index is 444. The third-order valence-corrected chi connectivity index (χ3v) is 4.25. The van der Waals surface area contributed by atoms with Crippen molar-refractivity contribution in [3.63, 3.8) is 0 Å². The molecule has 0 bridgehead atoms. The summed E-state index contributed by atoms with van der Waals surface area (Å²) in [5.41, 5.74) is 2.00. The molecule has 0 saturated heterocycles. The van der Waals surface area contributed by atoms with E-state index in [0.29, 0.717) is 12.5 Å². The molecule has 1 aromatic rings. The van der Waals surface area contributed by atoms with Gasteiger partial charge in [-0.25, -0.2) is 0 Å². The number of benzene rings is 1. The molecule has 2 N–H and O–H groups in total. The van der Waals surface area contributed by atoms with E-state index in [4.69, 9.17) is 0 Å². The van der Waals surface area contributed by atoms with Crippen LogP contribution in [0.5, 0.6) is 0 Å². The number of carbonyl (C=O) groups is 1. The molecule has 2 atom stereocenters. The first-order valence-corrected chi connectivity index (χ1v) is 7.89. The van der Waals surface area contributed by atoms with Crippen LogP contribution in [0.15, 0.2) is 24.3 Å². The normalized spacial score (nSPS) is 22.3. The summed E-state index contributed by atoms with van der Waals surface area (Å²) in [7, 11) is 0. The summed E-state index contributed by atoms with van der Waals surface area (Å²) >= 11 is 0. The first-order chi connectivity index (χ1) is 9.72. The summed E-state index contributed by atoms with van der Waals surface area (Å²) in [6.07, 6.45) is 7.02. The third-order valence-electron chi connectivity index (χ3n) is 4.25. The van der Waals surface area contributed by atoms with Crippen molar-refractivity contribution in [3.05, 3.63) is 24.3 Å². The zero-order valence-corrected chi connectivity index (χ0v) is 12.6. The first kappa shape index (κ1) is 14.9. The number of nitrogens with one attached hydrogen (secondary N) is 2. The lowest BCUT2D eigenvalue weighted by Crippen LogP contribution is -2.31. The molecular weight excluding hydrogens is 248 g/mol. The smallest absolute Gasteiger partial charge is 0.224 e. The average Bonchev–Trinajstić information content (AvgIpc) is 2.48. The molecule has 0 radical (unpaired) electrons. The maximum atomic E-state index is 11.4. The Balaban J connectivity index is 2.01. The molecule has 2 unspecified atom stereocenters. The lowest BCUT2D eigenvalue weighted by atomic mass is 9.83. The number of anilines is 2. The van der Waals surface area contributed by atoms with Gasteiger partial charge in [0, 0.05) is 23.8 Å². The highest BCUT2D eigenvalue weighted by atomic mass is 16.1.